The first kappa shape index (κ1) is 20.2. The number of rotatable bonds is 4. The van der Waals surface area contributed by atoms with Gasteiger partial charge < -0.3 is 5.32 Å². The van der Waals surface area contributed by atoms with E-state index in [2.05, 4.69) is 34.6 Å². The van der Waals surface area contributed by atoms with Crippen LogP contribution >= 0.6 is 22.9 Å². The molecule has 6 rings (SSSR count). The lowest BCUT2D eigenvalue weighted by Crippen LogP contribution is -2.41. The number of aryl methyl sites for hydroxylation is 1. The SMILES string of the molecule is O=c1c2c3c(sc2ncn1Cc1ccccc1Cl)CC(NC1Cc2ccccc2C1)CC3. The predicted octanol–water partition coefficient (Wildman–Crippen LogP) is 4.77. The van der Waals surface area contributed by atoms with Gasteiger partial charge in [-0.05, 0) is 60.4 Å². The van der Waals surface area contributed by atoms with Crippen LogP contribution in [0.15, 0.2) is 59.7 Å². The third kappa shape index (κ3) is 3.58. The normalized spacial score (nSPS) is 18.1. The molecule has 1 atom stereocenters. The van der Waals surface area contributed by atoms with Crippen LogP contribution in [0.3, 0.4) is 0 Å². The van der Waals surface area contributed by atoms with Crippen LogP contribution in [0.2, 0.25) is 5.02 Å². The Morgan fingerprint density at radius 3 is 2.56 bits per heavy atom. The zero-order chi connectivity index (χ0) is 21.7. The summed E-state index contributed by atoms with van der Waals surface area (Å²) in [6, 6.07) is 17.4. The summed E-state index contributed by atoms with van der Waals surface area (Å²) in [6.07, 6.45) is 6.86. The highest BCUT2D eigenvalue weighted by atomic mass is 35.5. The minimum atomic E-state index is 0.0464. The summed E-state index contributed by atoms with van der Waals surface area (Å²) >= 11 is 8.00. The average Bonchev–Trinajstić information content (AvgIpc) is 3.37. The molecule has 6 heteroatoms. The van der Waals surface area contributed by atoms with Crippen molar-refractivity contribution in [3.8, 4) is 0 Å². The number of aromatic nitrogens is 2. The third-order valence-electron chi connectivity index (χ3n) is 6.86. The summed E-state index contributed by atoms with van der Waals surface area (Å²) in [7, 11) is 0. The molecule has 32 heavy (non-hydrogen) atoms. The zero-order valence-electron chi connectivity index (χ0n) is 17.7. The zero-order valence-corrected chi connectivity index (χ0v) is 19.3. The van der Waals surface area contributed by atoms with E-state index in [0.29, 0.717) is 23.7 Å². The molecule has 0 fully saturated rings. The van der Waals surface area contributed by atoms with Gasteiger partial charge in [-0.15, -0.1) is 11.3 Å². The molecule has 0 aliphatic heterocycles. The number of fused-ring (bicyclic) bond motifs is 4. The summed E-state index contributed by atoms with van der Waals surface area (Å²) in [5, 5.41) is 5.39. The van der Waals surface area contributed by atoms with Gasteiger partial charge in [-0.25, -0.2) is 4.98 Å². The van der Waals surface area contributed by atoms with Crippen LogP contribution in [0.4, 0.5) is 0 Å². The number of nitrogens with one attached hydrogen (secondary N) is 1. The highest BCUT2D eigenvalue weighted by Gasteiger charge is 2.28. The Labute approximate surface area is 195 Å². The van der Waals surface area contributed by atoms with Crippen LogP contribution in [0.5, 0.6) is 0 Å². The highest BCUT2D eigenvalue weighted by molar-refractivity contribution is 7.18. The van der Waals surface area contributed by atoms with Crippen LogP contribution < -0.4 is 10.9 Å². The van der Waals surface area contributed by atoms with Crippen LogP contribution in [0.25, 0.3) is 10.2 Å². The van der Waals surface area contributed by atoms with Crippen molar-refractivity contribution in [1.82, 2.24) is 14.9 Å². The van der Waals surface area contributed by atoms with E-state index in [1.165, 1.54) is 21.6 Å². The van der Waals surface area contributed by atoms with E-state index in [1.54, 1.807) is 22.2 Å². The lowest BCUT2D eigenvalue weighted by Gasteiger charge is -2.26. The Bertz CT molecular complexity index is 1350. The topological polar surface area (TPSA) is 46.9 Å². The van der Waals surface area contributed by atoms with Crippen LogP contribution in [0, 0.1) is 0 Å². The van der Waals surface area contributed by atoms with Gasteiger partial charge in [-0.2, -0.15) is 0 Å². The minimum Gasteiger partial charge on any atom is -0.310 e. The monoisotopic (exact) mass is 461 g/mol. The molecule has 4 nitrogen and oxygen atoms in total. The fraction of sp³-hybridized carbons (Fsp3) is 0.308. The third-order valence-corrected chi connectivity index (χ3v) is 8.39. The number of hydrogen-bond acceptors (Lipinski definition) is 4. The molecule has 4 aromatic rings. The maximum atomic E-state index is 13.3. The van der Waals surface area contributed by atoms with Gasteiger partial charge in [0.25, 0.3) is 5.56 Å². The maximum Gasteiger partial charge on any atom is 0.262 e. The predicted molar refractivity (Wildman–Crippen MR) is 131 cm³/mol. The molecule has 1 unspecified atom stereocenters. The molecule has 0 radical (unpaired) electrons. The van der Waals surface area contributed by atoms with E-state index in [1.807, 2.05) is 24.3 Å². The van der Waals surface area contributed by atoms with Gasteiger partial charge in [0.1, 0.15) is 4.83 Å². The molecule has 0 saturated carbocycles. The van der Waals surface area contributed by atoms with E-state index in [9.17, 15) is 4.79 Å². The number of nitrogens with zero attached hydrogens (tertiary/aromatic N) is 2. The molecule has 2 heterocycles. The fourth-order valence-electron chi connectivity index (χ4n) is 5.28. The van der Waals surface area contributed by atoms with Crippen LogP contribution in [-0.4, -0.2) is 21.6 Å². The van der Waals surface area contributed by atoms with Gasteiger partial charge in [0.05, 0.1) is 18.3 Å². The molecule has 1 N–H and O–H groups in total. The van der Waals surface area contributed by atoms with Crippen molar-refractivity contribution in [3.63, 3.8) is 0 Å². The molecule has 0 spiro atoms. The Hall–Kier alpha value is -2.47. The highest BCUT2D eigenvalue weighted by Crippen LogP contribution is 2.34. The van der Waals surface area contributed by atoms with Crippen molar-refractivity contribution < 1.29 is 0 Å². The second kappa shape index (κ2) is 8.14. The Morgan fingerprint density at radius 2 is 1.78 bits per heavy atom. The Balaban J connectivity index is 1.23. The average molecular weight is 462 g/mol. The molecule has 2 aliphatic carbocycles. The quantitative estimate of drug-likeness (QED) is 0.476. The van der Waals surface area contributed by atoms with Gasteiger partial charge >= 0.3 is 0 Å². The standard InChI is InChI=1S/C26H24ClN3OS/c27-22-8-4-3-7-18(22)14-30-15-28-25-24(26(30)31)21-10-9-19(13-23(21)32-25)29-20-11-16-5-1-2-6-17(16)12-20/h1-8,15,19-20,29H,9-14H2. The van der Waals surface area contributed by atoms with Crippen molar-refractivity contribution in [3.05, 3.63) is 97.4 Å². The van der Waals surface area contributed by atoms with E-state index < -0.39 is 0 Å². The first-order valence-electron chi connectivity index (χ1n) is 11.2. The van der Waals surface area contributed by atoms with Crippen molar-refractivity contribution in [2.75, 3.05) is 0 Å². The molecule has 0 saturated heterocycles. The lowest BCUT2D eigenvalue weighted by molar-refractivity contribution is 0.402. The molecule has 2 aromatic carbocycles. The van der Waals surface area contributed by atoms with Gasteiger partial charge in [-0.1, -0.05) is 54.1 Å². The molecular weight excluding hydrogens is 438 g/mol. The molecule has 2 aliphatic rings. The summed E-state index contributed by atoms with van der Waals surface area (Å²) in [5.41, 5.74) is 5.15. The fourth-order valence-corrected chi connectivity index (χ4v) is 6.73. The van der Waals surface area contributed by atoms with Gasteiger partial charge in [0, 0.05) is 22.0 Å². The molecular formula is C26H24ClN3OS. The molecule has 0 amide bonds. The molecule has 0 bridgehead atoms. The van der Waals surface area contributed by atoms with Crippen molar-refractivity contribution in [2.45, 2.75) is 50.7 Å². The van der Waals surface area contributed by atoms with Gasteiger partial charge in [0.2, 0.25) is 0 Å². The minimum absolute atomic E-state index is 0.0464. The second-order valence-electron chi connectivity index (χ2n) is 8.93. The largest absolute Gasteiger partial charge is 0.310 e. The van der Waals surface area contributed by atoms with E-state index in [-0.39, 0.29) is 5.56 Å². The lowest BCUT2D eigenvalue weighted by atomic mass is 9.92. The van der Waals surface area contributed by atoms with Crippen LogP contribution in [-0.2, 0) is 32.2 Å². The number of benzene rings is 2. The van der Waals surface area contributed by atoms with Crippen molar-refractivity contribution in [1.29, 1.82) is 0 Å². The maximum absolute atomic E-state index is 13.3. The summed E-state index contributed by atoms with van der Waals surface area (Å²) in [5.74, 6) is 0. The first-order chi connectivity index (χ1) is 15.7. The number of halogens is 1. The molecule has 162 valence electrons. The molecule has 2 aromatic heterocycles. The van der Waals surface area contributed by atoms with Crippen LogP contribution in [0.1, 0.15) is 33.6 Å². The summed E-state index contributed by atoms with van der Waals surface area (Å²) < 4.78 is 1.69. The van der Waals surface area contributed by atoms with E-state index in [0.717, 1.165) is 47.9 Å². The summed E-state index contributed by atoms with van der Waals surface area (Å²) in [6.45, 7) is 0.443. The van der Waals surface area contributed by atoms with Crippen molar-refractivity contribution in [2.24, 2.45) is 0 Å². The number of thiophene rings is 1. The van der Waals surface area contributed by atoms with E-state index >= 15 is 0 Å². The smallest absolute Gasteiger partial charge is 0.262 e. The van der Waals surface area contributed by atoms with Gasteiger partial charge in [0.15, 0.2) is 0 Å². The first-order valence-corrected chi connectivity index (χ1v) is 12.4. The van der Waals surface area contributed by atoms with Crippen molar-refractivity contribution >= 4 is 33.2 Å². The van der Waals surface area contributed by atoms with Gasteiger partial charge in [-0.3, -0.25) is 9.36 Å². The second-order valence-corrected chi connectivity index (χ2v) is 10.4. The summed E-state index contributed by atoms with van der Waals surface area (Å²) in [4.78, 5) is 20.2. The Kier molecular flexibility index (Phi) is 5.13. The Morgan fingerprint density at radius 1 is 1.03 bits per heavy atom. The number of hydrogen-bond donors (Lipinski definition) is 1. The van der Waals surface area contributed by atoms with E-state index in [4.69, 9.17) is 11.6 Å².